The summed E-state index contributed by atoms with van der Waals surface area (Å²) in [4.78, 5) is 12.8. The molecule has 5 nitrogen and oxygen atoms in total. The lowest BCUT2D eigenvalue weighted by atomic mass is 10.00. The molecule has 3 aromatic rings. The molecular weight excluding hydrogens is 352 g/mol. The first-order valence-electron chi connectivity index (χ1n) is 8.29. The van der Waals surface area contributed by atoms with Crippen LogP contribution in [0.2, 0.25) is 5.02 Å². The molecule has 1 aromatic heterocycles. The largest absolute Gasteiger partial charge is 0.497 e. The van der Waals surface area contributed by atoms with Crippen LogP contribution in [-0.4, -0.2) is 18.2 Å². The van der Waals surface area contributed by atoms with Crippen molar-refractivity contribution in [1.29, 1.82) is 0 Å². The number of benzene rings is 2. The van der Waals surface area contributed by atoms with E-state index in [4.69, 9.17) is 20.9 Å². The van der Waals surface area contributed by atoms with E-state index in [0.717, 1.165) is 29.8 Å². The van der Waals surface area contributed by atoms with Crippen LogP contribution in [0.1, 0.15) is 18.5 Å². The maximum atomic E-state index is 12.8. The van der Waals surface area contributed by atoms with Crippen LogP contribution in [0.5, 0.6) is 5.75 Å². The molecule has 0 bridgehead atoms. The summed E-state index contributed by atoms with van der Waals surface area (Å²) in [6.07, 6.45) is 1.50. The van der Waals surface area contributed by atoms with Crippen LogP contribution in [0.4, 0.5) is 5.69 Å². The van der Waals surface area contributed by atoms with Crippen LogP contribution in [0.15, 0.2) is 59.1 Å². The van der Waals surface area contributed by atoms with Crippen molar-refractivity contribution in [2.75, 3.05) is 12.4 Å². The van der Waals surface area contributed by atoms with E-state index >= 15 is 0 Å². The van der Waals surface area contributed by atoms with Gasteiger partial charge in [-0.05, 0) is 61.4 Å². The third kappa shape index (κ3) is 3.06. The second kappa shape index (κ2) is 6.50. The summed E-state index contributed by atoms with van der Waals surface area (Å²) in [6.45, 7) is 0. The normalized spacial score (nSPS) is 14.7. The van der Waals surface area contributed by atoms with Crippen LogP contribution in [-0.2, 0) is 10.2 Å². The first-order valence-corrected chi connectivity index (χ1v) is 8.67. The predicted molar refractivity (Wildman–Crippen MR) is 99.5 cm³/mol. The van der Waals surface area contributed by atoms with Gasteiger partial charge in [0, 0.05) is 22.3 Å². The number of amides is 1. The van der Waals surface area contributed by atoms with E-state index in [1.54, 1.807) is 19.2 Å². The van der Waals surface area contributed by atoms with E-state index < -0.39 is 5.41 Å². The number of nitrogens with zero attached hydrogens (tertiary/aromatic N) is 1. The lowest BCUT2D eigenvalue weighted by molar-refractivity contribution is -0.118. The highest BCUT2D eigenvalue weighted by Gasteiger charge is 2.53. The smallest absolute Gasteiger partial charge is 0.236 e. The van der Waals surface area contributed by atoms with Gasteiger partial charge in [-0.2, -0.15) is 0 Å². The number of nitrogens with one attached hydrogen (secondary N) is 1. The van der Waals surface area contributed by atoms with E-state index in [0.29, 0.717) is 16.5 Å². The Morgan fingerprint density at radius 1 is 1.15 bits per heavy atom. The summed E-state index contributed by atoms with van der Waals surface area (Å²) >= 11 is 5.92. The van der Waals surface area contributed by atoms with Crippen molar-refractivity contribution >= 4 is 23.2 Å². The first-order chi connectivity index (χ1) is 12.6. The molecule has 0 atom stereocenters. The standard InChI is InChI=1S/C20H17ClN2O3/c1-25-16-8-6-15(7-9-16)22-19(24)20(10-11-20)18-12-17(26-23-18)13-2-4-14(21)5-3-13/h2-9,12H,10-11H2,1H3,(H,22,24). The second-order valence-corrected chi connectivity index (χ2v) is 6.78. The fraction of sp³-hybridized carbons (Fsp3) is 0.200. The molecule has 0 saturated heterocycles. The summed E-state index contributed by atoms with van der Waals surface area (Å²) in [5.41, 5.74) is 1.64. The molecule has 26 heavy (non-hydrogen) atoms. The van der Waals surface area contributed by atoms with E-state index in [9.17, 15) is 4.79 Å². The van der Waals surface area contributed by atoms with Crippen molar-refractivity contribution in [3.05, 3.63) is 65.3 Å². The van der Waals surface area contributed by atoms with Gasteiger partial charge in [-0.1, -0.05) is 16.8 Å². The summed E-state index contributed by atoms with van der Waals surface area (Å²) in [7, 11) is 1.61. The molecule has 6 heteroatoms. The monoisotopic (exact) mass is 368 g/mol. The SMILES string of the molecule is COc1ccc(NC(=O)C2(c3cc(-c4ccc(Cl)cc4)on3)CC2)cc1. The Hall–Kier alpha value is -2.79. The Bertz CT molecular complexity index is 928. The second-order valence-electron chi connectivity index (χ2n) is 6.35. The Morgan fingerprint density at radius 2 is 1.85 bits per heavy atom. The number of anilines is 1. The highest BCUT2D eigenvalue weighted by Crippen LogP contribution is 2.49. The number of ether oxygens (including phenoxy) is 1. The minimum atomic E-state index is -0.617. The molecule has 0 radical (unpaired) electrons. The van der Waals surface area contributed by atoms with Crippen LogP contribution in [0.25, 0.3) is 11.3 Å². The van der Waals surface area contributed by atoms with Gasteiger partial charge in [0.25, 0.3) is 0 Å². The van der Waals surface area contributed by atoms with E-state index in [-0.39, 0.29) is 5.91 Å². The number of methoxy groups -OCH3 is 1. The van der Waals surface area contributed by atoms with Gasteiger partial charge >= 0.3 is 0 Å². The maximum Gasteiger partial charge on any atom is 0.236 e. The number of carbonyl (C=O) groups is 1. The minimum Gasteiger partial charge on any atom is -0.497 e. The Balaban J connectivity index is 1.53. The lowest BCUT2D eigenvalue weighted by Gasteiger charge is -2.12. The third-order valence-corrected chi connectivity index (χ3v) is 4.91. The highest BCUT2D eigenvalue weighted by molar-refractivity contribution is 6.30. The first kappa shape index (κ1) is 16.7. The molecular formula is C20H17ClN2O3. The topological polar surface area (TPSA) is 64.4 Å². The molecule has 2 aromatic carbocycles. The minimum absolute atomic E-state index is 0.0707. The summed E-state index contributed by atoms with van der Waals surface area (Å²) in [5, 5.41) is 7.77. The van der Waals surface area contributed by atoms with Crippen molar-refractivity contribution < 1.29 is 14.1 Å². The zero-order valence-electron chi connectivity index (χ0n) is 14.2. The zero-order valence-corrected chi connectivity index (χ0v) is 14.9. The number of hydrogen-bond acceptors (Lipinski definition) is 4. The van der Waals surface area contributed by atoms with Crippen LogP contribution >= 0.6 is 11.6 Å². The van der Waals surface area contributed by atoms with Gasteiger partial charge < -0.3 is 14.6 Å². The number of aromatic nitrogens is 1. The van der Waals surface area contributed by atoms with Crippen molar-refractivity contribution in [1.82, 2.24) is 5.16 Å². The van der Waals surface area contributed by atoms with Crippen LogP contribution < -0.4 is 10.1 Å². The van der Waals surface area contributed by atoms with Gasteiger partial charge in [0.05, 0.1) is 18.2 Å². The Morgan fingerprint density at radius 3 is 2.46 bits per heavy atom. The number of hydrogen-bond donors (Lipinski definition) is 1. The van der Waals surface area contributed by atoms with E-state index in [1.165, 1.54) is 0 Å². The molecule has 1 heterocycles. The summed E-state index contributed by atoms with van der Waals surface area (Å²) in [5.74, 6) is 1.30. The molecule has 0 spiro atoms. The average molecular weight is 369 g/mol. The van der Waals surface area contributed by atoms with E-state index in [2.05, 4.69) is 10.5 Å². The fourth-order valence-corrected chi connectivity index (χ4v) is 3.03. The predicted octanol–water partition coefficient (Wildman–Crippen LogP) is 4.67. The average Bonchev–Trinajstić information content (AvgIpc) is 3.33. The van der Waals surface area contributed by atoms with Gasteiger partial charge in [0.15, 0.2) is 5.76 Å². The molecule has 1 N–H and O–H groups in total. The highest BCUT2D eigenvalue weighted by atomic mass is 35.5. The van der Waals surface area contributed by atoms with Gasteiger partial charge in [0.1, 0.15) is 5.75 Å². The molecule has 4 rings (SSSR count). The molecule has 0 unspecified atom stereocenters. The maximum absolute atomic E-state index is 12.8. The number of carbonyl (C=O) groups excluding carboxylic acids is 1. The van der Waals surface area contributed by atoms with E-state index in [1.807, 2.05) is 42.5 Å². The van der Waals surface area contributed by atoms with Gasteiger partial charge in [-0.15, -0.1) is 0 Å². The molecule has 1 amide bonds. The lowest BCUT2D eigenvalue weighted by Crippen LogP contribution is -2.28. The third-order valence-electron chi connectivity index (χ3n) is 4.66. The molecule has 1 saturated carbocycles. The molecule has 1 aliphatic carbocycles. The van der Waals surface area contributed by atoms with Crippen LogP contribution in [0, 0.1) is 0 Å². The molecule has 1 aliphatic rings. The number of halogens is 1. The van der Waals surface area contributed by atoms with Crippen molar-refractivity contribution in [2.24, 2.45) is 0 Å². The summed E-state index contributed by atoms with van der Waals surface area (Å²) < 4.78 is 10.6. The fourth-order valence-electron chi connectivity index (χ4n) is 2.90. The number of rotatable bonds is 5. The molecule has 0 aliphatic heterocycles. The van der Waals surface area contributed by atoms with Crippen molar-refractivity contribution in [3.8, 4) is 17.1 Å². The molecule has 132 valence electrons. The van der Waals surface area contributed by atoms with Gasteiger partial charge in [-0.3, -0.25) is 4.79 Å². The quantitative estimate of drug-likeness (QED) is 0.710. The Kier molecular flexibility index (Phi) is 4.17. The van der Waals surface area contributed by atoms with Gasteiger partial charge in [-0.25, -0.2) is 0 Å². The Labute approximate surface area is 155 Å². The zero-order chi connectivity index (χ0) is 18.1. The molecule has 1 fully saturated rings. The summed E-state index contributed by atoms with van der Waals surface area (Å²) in [6, 6.07) is 16.4. The van der Waals surface area contributed by atoms with Crippen molar-refractivity contribution in [2.45, 2.75) is 18.3 Å². The van der Waals surface area contributed by atoms with Crippen LogP contribution in [0.3, 0.4) is 0 Å². The van der Waals surface area contributed by atoms with Crippen molar-refractivity contribution in [3.63, 3.8) is 0 Å². The van der Waals surface area contributed by atoms with Gasteiger partial charge in [0.2, 0.25) is 5.91 Å².